The SMILES string of the molecule is Cc1cc(C)cc(OC(CNC(C)(C)C)C(C)C)c1. The Bertz CT molecular complexity index is 384. The van der Waals surface area contributed by atoms with Crippen molar-refractivity contribution in [3.05, 3.63) is 29.3 Å². The van der Waals surface area contributed by atoms with Gasteiger partial charge in [-0.05, 0) is 63.8 Å². The number of benzene rings is 1. The van der Waals surface area contributed by atoms with Crippen LogP contribution >= 0.6 is 0 Å². The van der Waals surface area contributed by atoms with E-state index in [4.69, 9.17) is 4.74 Å². The number of hydrogen-bond donors (Lipinski definition) is 1. The number of nitrogens with one attached hydrogen (secondary N) is 1. The first-order valence-electron chi connectivity index (χ1n) is 7.17. The molecule has 2 nitrogen and oxygen atoms in total. The van der Waals surface area contributed by atoms with Crippen LogP contribution in [-0.4, -0.2) is 18.2 Å². The lowest BCUT2D eigenvalue weighted by Crippen LogP contribution is -2.44. The highest BCUT2D eigenvalue weighted by molar-refractivity contribution is 5.33. The van der Waals surface area contributed by atoms with E-state index in [9.17, 15) is 0 Å². The average molecular weight is 263 g/mol. The van der Waals surface area contributed by atoms with Gasteiger partial charge in [0.05, 0.1) is 0 Å². The molecule has 0 spiro atoms. The quantitative estimate of drug-likeness (QED) is 0.863. The maximum Gasteiger partial charge on any atom is 0.120 e. The van der Waals surface area contributed by atoms with Gasteiger partial charge in [-0.15, -0.1) is 0 Å². The first-order chi connectivity index (χ1) is 8.67. The molecule has 0 fully saturated rings. The molecule has 0 bridgehead atoms. The molecule has 1 aromatic carbocycles. The molecule has 0 aromatic heterocycles. The van der Waals surface area contributed by atoms with E-state index in [-0.39, 0.29) is 11.6 Å². The largest absolute Gasteiger partial charge is 0.489 e. The summed E-state index contributed by atoms with van der Waals surface area (Å²) in [6.07, 6.45) is 0.195. The summed E-state index contributed by atoms with van der Waals surface area (Å²) >= 11 is 0. The molecule has 0 aliphatic heterocycles. The van der Waals surface area contributed by atoms with Gasteiger partial charge >= 0.3 is 0 Å². The normalized spacial score (nSPS) is 13.7. The van der Waals surface area contributed by atoms with Crippen LogP contribution in [0.3, 0.4) is 0 Å². The molecule has 0 aliphatic rings. The van der Waals surface area contributed by atoms with Gasteiger partial charge in [0.25, 0.3) is 0 Å². The van der Waals surface area contributed by atoms with E-state index < -0.39 is 0 Å². The molecular formula is C17H29NO. The van der Waals surface area contributed by atoms with Gasteiger partial charge in [0.2, 0.25) is 0 Å². The van der Waals surface area contributed by atoms with Crippen LogP contribution in [0.4, 0.5) is 0 Å². The smallest absolute Gasteiger partial charge is 0.120 e. The Kier molecular flexibility index (Phi) is 5.42. The van der Waals surface area contributed by atoms with Crippen molar-refractivity contribution in [2.45, 2.75) is 60.1 Å². The fourth-order valence-electron chi connectivity index (χ4n) is 2.00. The van der Waals surface area contributed by atoms with E-state index >= 15 is 0 Å². The Morgan fingerprint density at radius 3 is 2.00 bits per heavy atom. The van der Waals surface area contributed by atoms with Crippen LogP contribution in [0.25, 0.3) is 0 Å². The Hall–Kier alpha value is -1.02. The zero-order valence-electron chi connectivity index (χ0n) is 13.5. The molecule has 2 heteroatoms. The second kappa shape index (κ2) is 6.42. The summed E-state index contributed by atoms with van der Waals surface area (Å²) in [4.78, 5) is 0. The first-order valence-corrected chi connectivity index (χ1v) is 7.17. The lowest BCUT2D eigenvalue weighted by atomic mass is 10.0. The monoisotopic (exact) mass is 263 g/mol. The van der Waals surface area contributed by atoms with Crippen molar-refractivity contribution in [3.63, 3.8) is 0 Å². The van der Waals surface area contributed by atoms with Crippen molar-refractivity contribution in [1.29, 1.82) is 0 Å². The zero-order valence-corrected chi connectivity index (χ0v) is 13.5. The Morgan fingerprint density at radius 2 is 1.58 bits per heavy atom. The van der Waals surface area contributed by atoms with Crippen molar-refractivity contribution in [3.8, 4) is 5.75 Å². The van der Waals surface area contributed by atoms with Crippen LogP contribution in [0.1, 0.15) is 45.7 Å². The van der Waals surface area contributed by atoms with Crippen molar-refractivity contribution < 1.29 is 4.74 Å². The van der Waals surface area contributed by atoms with Crippen molar-refractivity contribution >= 4 is 0 Å². The Balaban J connectivity index is 2.72. The second-order valence-corrected chi connectivity index (χ2v) is 6.85. The van der Waals surface area contributed by atoms with E-state index in [1.165, 1.54) is 11.1 Å². The van der Waals surface area contributed by atoms with Gasteiger partial charge in [0, 0.05) is 12.1 Å². The van der Waals surface area contributed by atoms with E-state index in [2.05, 4.69) is 72.0 Å². The minimum atomic E-state index is 0.124. The highest BCUT2D eigenvalue weighted by atomic mass is 16.5. The second-order valence-electron chi connectivity index (χ2n) is 6.85. The molecule has 0 heterocycles. The predicted octanol–water partition coefficient (Wildman–Crippen LogP) is 4.09. The van der Waals surface area contributed by atoms with Gasteiger partial charge in [0.1, 0.15) is 11.9 Å². The molecule has 0 saturated carbocycles. The molecule has 1 atom stereocenters. The Labute approximate surface area is 118 Å². The van der Waals surface area contributed by atoms with E-state index in [0.717, 1.165) is 12.3 Å². The third-order valence-electron chi connectivity index (χ3n) is 3.06. The van der Waals surface area contributed by atoms with E-state index in [0.29, 0.717) is 5.92 Å². The van der Waals surface area contributed by atoms with Gasteiger partial charge < -0.3 is 10.1 Å². The third-order valence-corrected chi connectivity index (χ3v) is 3.06. The lowest BCUT2D eigenvalue weighted by molar-refractivity contribution is 0.139. The van der Waals surface area contributed by atoms with Crippen LogP contribution in [0.15, 0.2) is 18.2 Å². The average Bonchev–Trinajstić information content (AvgIpc) is 2.20. The van der Waals surface area contributed by atoms with Gasteiger partial charge in [-0.1, -0.05) is 19.9 Å². The first kappa shape index (κ1) is 16.0. The Morgan fingerprint density at radius 1 is 1.05 bits per heavy atom. The molecule has 1 rings (SSSR count). The predicted molar refractivity (Wildman–Crippen MR) is 82.9 cm³/mol. The summed E-state index contributed by atoms with van der Waals surface area (Å²) in [5, 5.41) is 3.53. The zero-order chi connectivity index (χ0) is 14.6. The highest BCUT2D eigenvalue weighted by Crippen LogP contribution is 2.20. The summed E-state index contributed by atoms with van der Waals surface area (Å²) in [5.41, 5.74) is 2.63. The fourth-order valence-corrected chi connectivity index (χ4v) is 2.00. The van der Waals surface area contributed by atoms with Gasteiger partial charge in [-0.25, -0.2) is 0 Å². The maximum absolute atomic E-state index is 6.17. The topological polar surface area (TPSA) is 21.3 Å². The fraction of sp³-hybridized carbons (Fsp3) is 0.647. The summed E-state index contributed by atoms with van der Waals surface area (Å²) in [5.74, 6) is 1.46. The molecule has 0 radical (unpaired) electrons. The third kappa shape index (κ3) is 6.11. The highest BCUT2D eigenvalue weighted by Gasteiger charge is 2.18. The van der Waals surface area contributed by atoms with Crippen LogP contribution in [0.5, 0.6) is 5.75 Å². The van der Waals surface area contributed by atoms with Gasteiger partial charge in [0.15, 0.2) is 0 Å². The van der Waals surface area contributed by atoms with Crippen LogP contribution in [0.2, 0.25) is 0 Å². The summed E-state index contributed by atoms with van der Waals surface area (Å²) in [6.45, 7) is 16.0. The van der Waals surface area contributed by atoms with Crippen molar-refractivity contribution in [2.75, 3.05) is 6.54 Å². The molecule has 108 valence electrons. The molecule has 0 saturated heterocycles. The van der Waals surface area contributed by atoms with Crippen LogP contribution in [-0.2, 0) is 0 Å². The molecule has 1 unspecified atom stereocenters. The van der Waals surface area contributed by atoms with Gasteiger partial charge in [-0.3, -0.25) is 0 Å². The number of rotatable bonds is 5. The summed E-state index contributed by atoms with van der Waals surface area (Å²) in [7, 11) is 0. The summed E-state index contributed by atoms with van der Waals surface area (Å²) < 4.78 is 6.17. The van der Waals surface area contributed by atoms with E-state index in [1.807, 2.05) is 0 Å². The van der Waals surface area contributed by atoms with E-state index in [1.54, 1.807) is 0 Å². The van der Waals surface area contributed by atoms with Crippen LogP contribution in [0, 0.1) is 19.8 Å². The van der Waals surface area contributed by atoms with Crippen molar-refractivity contribution in [2.24, 2.45) is 5.92 Å². The molecule has 1 N–H and O–H groups in total. The molecule has 0 amide bonds. The maximum atomic E-state index is 6.17. The molecule has 0 aliphatic carbocycles. The van der Waals surface area contributed by atoms with Crippen LogP contribution < -0.4 is 10.1 Å². The number of aryl methyl sites for hydroxylation is 2. The summed E-state index contributed by atoms with van der Waals surface area (Å²) in [6, 6.07) is 6.39. The minimum Gasteiger partial charge on any atom is -0.489 e. The lowest BCUT2D eigenvalue weighted by Gasteiger charge is -2.28. The molecule has 19 heavy (non-hydrogen) atoms. The standard InChI is InChI=1S/C17H29NO/c1-12(2)16(11-18-17(5,6)7)19-15-9-13(3)8-14(4)10-15/h8-10,12,16,18H,11H2,1-7H3. The van der Waals surface area contributed by atoms with Crippen molar-refractivity contribution in [1.82, 2.24) is 5.32 Å². The number of ether oxygens (including phenoxy) is 1. The molecular weight excluding hydrogens is 234 g/mol. The van der Waals surface area contributed by atoms with Gasteiger partial charge in [-0.2, -0.15) is 0 Å². The molecule has 1 aromatic rings. The number of hydrogen-bond acceptors (Lipinski definition) is 2. The minimum absolute atomic E-state index is 0.124.